The Bertz CT molecular complexity index is 348. The number of rotatable bonds is 7. The number of thiocarbonyl (C=S) groups is 1. The molecule has 1 unspecified atom stereocenters. The molecule has 1 aromatic rings. The van der Waals surface area contributed by atoms with Crippen molar-refractivity contribution in [1.29, 1.82) is 0 Å². The Morgan fingerprint density at radius 2 is 2.00 bits per heavy atom. The van der Waals surface area contributed by atoms with Crippen molar-refractivity contribution in [2.24, 2.45) is 11.7 Å². The molecule has 0 bridgehead atoms. The summed E-state index contributed by atoms with van der Waals surface area (Å²) in [6.45, 7) is 5.19. The summed E-state index contributed by atoms with van der Waals surface area (Å²) in [5.41, 5.74) is 6.63. The maximum atomic E-state index is 5.72. The molecule has 2 N–H and O–H groups in total. The molecule has 0 fully saturated rings. The van der Waals surface area contributed by atoms with E-state index in [1.165, 1.54) is 12.8 Å². The third-order valence-corrected chi connectivity index (χ3v) is 2.76. The molecule has 0 amide bonds. The average Bonchev–Trinajstić information content (AvgIpc) is 2.28. The van der Waals surface area contributed by atoms with Crippen molar-refractivity contribution >= 4 is 17.2 Å². The van der Waals surface area contributed by atoms with Crippen molar-refractivity contribution in [3.63, 3.8) is 0 Å². The molecule has 0 aliphatic heterocycles. The Hall–Kier alpha value is -1.09. The molecule has 0 saturated heterocycles. The van der Waals surface area contributed by atoms with Crippen LogP contribution in [0.25, 0.3) is 0 Å². The summed E-state index contributed by atoms with van der Waals surface area (Å²) in [6.07, 6.45) is 3.07. The smallest absolute Gasteiger partial charge is 0.119 e. The van der Waals surface area contributed by atoms with Crippen LogP contribution in [-0.2, 0) is 6.42 Å². The zero-order valence-electron chi connectivity index (χ0n) is 10.6. The molecule has 17 heavy (non-hydrogen) atoms. The lowest BCUT2D eigenvalue weighted by Crippen LogP contribution is -2.11. The van der Waals surface area contributed by atoms with E-state index >= 15 is 0 Å². The SMILES string of the molecule is CCCC(C)COc1ccc(CC(N)=S)cc1. The Balaban J connectivity index is 2.42. The largest absolute Gasteiger partial charge is 0.493 e. The monoisotopic (exact) mass is 251 g/mol. The fourth-order valence-corrected chi connectivity index (χ4v) is 1.89. The molecule has 0 heterocycles. The van der Waals surface area contributed by atoms with Gasteiger partial charge in [-0.2, -0.15) is 0 Å². The highest BCUT2D eigenvalue weighted by atomic mass is 32.1. The molecular formula is C14H21NOS. The minimum atomic E-state index is 0.523. The summed E-state index contributed by atoms with van der Waals surface area (Å²) in [6, 6.07) is 7.98. The highest BCUT2D eigenvalue weighted by Gasteiger charge is 2.02. The van der Waals surface area contributed by atoms with Gasteiger partial charge in [0.25, 0.3) is 0 Å². The van der Waals surface area contributed by atoms with Crippen LogP contribution in [0.15, 0.2) is 24.3 Å². The number of hydrogen-bond acceptors (Lipinski definition) is 2. The van der Waals surface area contributed by atoms with E-state index in [1.54, 1.807) is 0 Å². The normalized spacial score (nSPS) is 12.1. The molecule has 3 heteroatoms. The molecule has 1 rings (SSSR count). The molecule has 0 saturated carbocycles. The molecule has 0 aromatic heterocycles. The van der Waals surface area contributed by atoms with E-state index in [1.807, 2.05) is 24.3 Å². The van der Waals surface area contributed by atoms with Crippen molar-refractivity contribution in [2.75, 3.05) is 6.61 Å². The molecule has 1 aromatic carbocycles. The summed E-state index contributed by atoms with van der Waals surface area (Å²) < 4.78 is 5.72. The lowest BCUT2D eigenvalue weighted by atomic mass is 10.1. The maximum absolute atomic E-state index is 5.72. The van der Waals surface area contributed by atoms with Gasteiger partial charge in [0.2, 0.25) is 0 Å². The predicted molar refractivity (Wildman–Crippen MR) is 76.5 cm³/mol. The second-order valence-corrected chi connectivity index (χ2v) is 5.02. The zero-order chi connectivity index (χ0) is 12.7. The molecule has 1 atom stereocenters. The van der Waals surface area contributed by atoms with Gasteiger partial charge in [0.1, 0.15) is 5.75 Å². The lowest BCUT2D eigenvalue weighted by Gasteiger charge is -2.12. The number of nitrogens with two attached hydrogens (primary N) is 1. The second kappa shape index (κ2) is 7.28. The molecular weight excluding hydrogens is 230 g/mol. The van der Waals surface area contributed by atoms with Gasteiger partial charge in [0, 0.05) is 6.42 Å². The summed E-state index contributed by atoms with van der Waals surface area (Å²) in [4.78, 5) is 0.523. The van der Waals surface area contributed by atoms with Gasteiger partial charge < -0.3 is 10.5 Å². The van der Waals surface area contributed by atoms with Crippen molar-refractivity contribution in [2.45, 2.75) is 33.1 Å². The minimum Gasteiger partial charge on any atom is -0.493 e. The Morgan fingerprint density at radius 1 is 1.35 bits per heavy atom. The first kappa shape index (κ1) is 14.0. The van der Waals surface area contributed by atoms with E-state index in [4.69, 9.17) is 22.7 Å². The number of ether oxygens (including phenoxy) is 1. The van der Waals surface area contributed by atoms with E-state index < -0.39 is 0 Å². The first-order valence-corrected chi connectivity index (χ1v) is 6.52. The first-order chi connectivity index (χ1) is 8.11. The van der Waals surface area contributed by atoms with E-state index in [0.717, 1.165) is 17.9 Å². The van der Waals surface area contributed by atoms with Crippen LogP contribution in [0.5, 0.6) is 5.75 Å². The van der Waals surface area contributed by atoms with Gasteiger partial charge in [0.15, 0.2) is 0 Å². The third-order valence-electron chi connectivity index (χ3n) is 2.62. The fraction of sp³-hybridized carbons (Fsp3) is 0.500. The van der Waals surface area contributed by atoms with Gasteiger partial charge >= 0.3 is 0 Å². The van der Waals surface area contributed by atoms with Crippen molar-refractivity contribution in [3.8, 4) is 5.75 Å². The van der Waals surface area contributed by atoms with Crippen LogP contribution in [0, 0.1) is 5.92 Å². The molecule has 0 spiro atoms. The van der Waals surface area contributed by atoms with Crippen LogP contribution in [-0.4, -0.2) is 11.6 Å². The van der Waals surface area contributed by atoms with E-state index in [9.17, 15) is 0 Å². The molecule has 0 aliphatic carbocycles. The summed E-state index contributed by atoms with van der Waals surface area (Å²) in [7, 11) is 0. The van der Waals surface area contributed by atoms with Crippen LogP contribution < -0.4 is 10.5 Å². The number of benzene rings is 1. The summed E-state index contributed by atoms with van der Waals surface area (Å²) >= 11 is 4.87. The maximum Gasteiger partial charge on any atom is 0.119 e. The standard InChI is InChI=1S/C14H21NOS/c1-3-4-11(2)10-16-13-7-5-12(6-8-13)9-14(15)17/h5-8,11H,3-4,9-10H2,1-2H3,(H2,15,17). The Labute approximate surface area is 109 Å². The Kier molecular flexibility index (Phi) is 5.98. The average molecular weight is 251 g/mol. The van der Waals surface area contributed by atoms with Crippen molar-refractivity contribution < 1.29 is 4.74 Å². The van der Waals surface area contributed by atoms with Gasteiger partial charge in [-0.15, -0.1) is 0 Å². The fourth-order valence-electron chi connectivity index (χ4n) is 1.72. The predicted octanol–water partition coefficient (Wildman–Crippen LogP) is 3.33. The highest BCUT2D eigenvalue weighted by Crippen LogP contribution is 2.15. The summed E-state index contributed by atoms with van der Waals surface area (Å²) in [5.74, 6) is 1.52. The second-order valence-electron chi connectivity index (χ2n) is 4.49. The topological polar surface area (TPSA) is 35.2 Å². The van der Waals surface area contributed by atoms with E-state index in [0.29, 0.717) is 17.3 Å². The van der Waals surface area contributed by atoms with Crippen molar-refractivity contribution in [1.82, 2.24) is 0 Å². The van der Waals surface area contributed by atoms with Gasteiger partial charge in [-0.05, 0) is 30.0 Å². The van der Waals surface area contributed by atoms with Crippen LogP contribution in [0.4, 0.5) is 0 Å². The molecule has 0 aliphatic rings. The van der Waals surface area contributed by atoms with E-state index in [2.05, 4.69) is 13.8 Å². The third kappa shape index (κ3) is 5.68. The van der Waals surface area contributed by atoms with Crippen LogP contribution in [0.3, 0.4) is 0 Å². The zero-order valence-corrected chi connectivity index (χ0v) is 11.4. The minimum absolute atomic E-state index is 0.523. The Morgan fingerprint density at radius 3 is 2.53 bits per heavy atom. The van der Waals surface area contributed by atoms with Gasteiger partial charge in [-0.25, -0.2) is 0 Å². The molecule has 0 radical (unpaired) electrons. The summed E-state index contributed by atoms with van der Waals surface area (Å²) in [5, 5.41) is 0. The van der Waals surface area contributed by atoms with Crippen LogP contribution in [0.2, 0.25) is 0 Å². The highest BCUT2D eigenvalue weighted by molar-refractivity contribution is 7.80. The van der Waals surface area contributed by atoms with Crippen LogP contribution >= 0.6 is 12.2 Å². The first-order valence-electron chi connectivity index (χ1n) is 6.12. The van der Waals surface area contributed by atoms with Crippen molar-refractivity contribution in [3.05, 3.63) is 29.8 Å². The molecule has 2 nitrogen and oxygen atoms in total. The molecule has 94 valence electrons. The van der Waals surface area contributed by atoms with Crippen LogP contribution in [0.1, 0.15) is 32.3 Å². The van der Waals surface area contributed by atoms with E-state index in [-0.39, 0.29) is 0 Å². The van der Waals surface area contributed by atoms with Gasteiger partial charge in [0.05, 0.1) is 11.6 Å². The van der Waals surface area contributed by atoms with Gasteiger partial charge in [-0.1, -0.05) is 44.6 Å². The quantitative estimate of drug-likeness (QED) is 0.755. The number of hydrogen-bond donors (Lipinski definition) is 1. The lowest BCUT2D eigenvalue weighted by molar-refractivity contribution is 0.251. The van der Waals surface area contributed by atoms with Gasteiger partial charge in [-0.3, -0.25) is 0 Å².